The molecule has 2 amide bonds. The van der Waals surface area contributed by atoms with Crippen molar-refractivity contribution < 1.29 is 9.59 Å². The van der Waals surface area contributed by atoms with Gasteiger partial charge in [0, 0.05) is 23.9 Å². The van der Waals surface area contributed by atoms with Crippen molar-refractivity contribution >= 4 is 11.8 Å². The van der Waals surface area contributed by atoms with E-state index < -0.39 is 0 Å². The third-order valence-electron chi connectivity index (χ3n) is 9.83. The second-order valence-corrected chi connectivity index (χ2v) is 11.4. The van der Waals surface area contributed by atoms with Crippen LogP contribution < -0.4 is 10.6 Å². The van der Waals surface area contributed by atoms with Crippen molar-refractivity contribution in [3.8, 4) is 0 Å². The molecule has 31 heavy (non-hydrogen) atoms. The van der Waals surface area contributed by atoms with E-state index in [4.69, 9.17) is 0 Å². The molecule has 4 nitrogen and oxygen atoms in total. The lowest BCUT2D eigenvalue weighted by atomic mass is 9.48. The molecule has 7 atom stereocenters. The summed E-state index contributed by atoms with van der Waals surface area (Å²) < 4.78 is 0. The molecule has 1 aliphatic heterocycles. The minimum atomic E-state index is 0.0736. The zero-order valence-electron chi connectivity index (χ0n) is 20.1. The van der Waals surface area contributed by atoms with Crippen molar-refractivity contribution in [2.24, 2.45) is 34.5 Å². The van der Waals surface area contributed by atoms with Crippen LogP contribution in [0.15, 0.2) is 12.2 Å². The molecule has 3 fully saturated rings. The van der Waals surface area contributed by atoms with Crippen molar-refractivity contribution in [3.63, 3.8) is 0 Å². The van der Waals surface area contributed by atoms with Gasteiger partial charge in [-0.05, 0) is 74.2 Å². The van der Waals surface area contributed by atoms with Gasteiger partial charge in [-0.15, -0.1) is 0 Å². The van der Waals surface area contributed by atoms with Crippen LogP contribution in [0.25, 0.3) is 0 Å². The van der Waals surface area contributed by atoms with E-state index in [9.17, 15) is 9.59 Å². The summed E-state index contributed by atoms with van der Waals surface area (Å²) >= 11 is 0. The van der Waals surface area contributed by atoms with Crippen LogP contribution in [-0.4, -0.2) is 24.4 Å². The number of carbonyl (C=O) groups is 2. The highest BCUT2D eigenvalue weighted by Gasteiger charge is 2.60. The Morgan fingerprint density at radius 3 is 2.61 bits per heavy atom. The van der Waals surface area contributed by atoms with Gasteiger partial charge in [0.05, 0.1) is 0 Å². The molecule has 0 unspecified atom stereocenters. The lowest BCUT2D eigenvalue weighted by molar-refractivity contribution is -0.134. The number of nitrogens with one attached hydrogen (secondary N) is 2. The molecule has 2 N–H and O–H groups in total. The fourth-order valence-corrected chi connectivity index (χ4v) is 8.00. The molecular formula is C27H44N2O2. The van der Waals surface area contributed by atoms with Crippen LogP contribution in [0.1, 0.15) is 97.8 Å². The summed E-state index contributed by atoms with van der Waals surface area (Å²) in [5.41, 5.74) is 0.230. The van der Waals surface area contributed by atoms with E-state index >= 15 is 0 Å². The molecule has 4 aliphatic rings. The Morgan fingerprint density at radius 2 is 1.81 bits per heavy atom. The maximum Gasteiger partial charge on any atom is 0.243 e. The van der Waals surface area contributed by atoms with Gasteiger partial charge in [-0.3, -0.25) is 9.59 Å². The lowest BCUT2D eigenvalue weighted by Crippen LogP contribution is -2.59. The molecule has 0 spiro atoms. The molecule has 0 aromatic rings. The fourth-order valence-electron chi connectivity index (χ4n) is 8.00. The largest absolute Gasteiger partial charge is 0.356 e. The quantitative estimate of drug-likeness (QED) is 0.510. The summed E-state index contributed by atoms with van der Waals surface area (Å²) in [4.78, 5) is 25.1. The van der Waals surface area contributed by atoms with Gasteiger partial charge in [-0.1, -0.05) is 59.0 Å². The van der Waals surface area contributed by atoms with Crippen LogP contribution in [0, 0.1) is 34.5 Å². The molecule has 174 valence electrons. The van der Waals surface area contributed by atoms with E-state index in [2.05, 4.69) is 37.5 Å². The first-order valence-corrected chi connectivity index (χ1v) is 13.2. The Kier molecular flexibility index (Phi) is 6.84. The molecule has 0 radical (unpaired) electrons. The number of fused-ring (bicyclic) bond motifs is 5. The van der Waals surface area contributed by atoms with Gasteiger partial charge in [0.1, 0.15) is 0 Å². The molecular weight excluding hydrogens is 384 g/mol. The zero-order chi connectivity index (χ0) is 22.1. The number of amides is 2. The number of carbonyl (C=O) groups excluding carboxylic acids is 2. The smallest absolute Gasteiger partial charge is 0.243 e. The predicted octanol–water partition coefficient (Wildman–Crippen LogP) is 5.38. The minimum Gasteiger partial charge on any atom is -0.356 e. The molecule has 3 saturated carbocycles. The SMILES string of the molecule is CCCCCCCCNC(=O)[C@H]1CC[C@H]2[C@@H]3CC[C@@H]4NC(=O)C=C[C@]4(C)[C@H]3CC[C@]12C. The van der Waals surface area contributed by atoms with Crippen LogP contribution in [0.3, 0.4) is 0 Å². The molecule has 0 aromatic carbocycles. The summed E-state index contributed by atoms with van der Waals surface area (Å²) in [6.07, 6.45) is 18.4. The molecule has 1 heterocycles. The van der Waals surface area contributed by atoms with E-state index in [1.807, 2.05) is 0 Å². The van der Waals surface area contributed by atoms with E-state index in [1.165, 1.54) is 51.4 Å². The Morgan fingerprint density at radius 1 is 1.03 bits per heavy atom. The third-order valence-corrected chi connectivity index (χ3v) is 9.83. The molecule has 3 aliphatic carbocycles. The van der Waals surface area contributed by atoms with E-state index in [-0.39, 0.29) is 28.7 Å². The molecule has 0 bridgehead atoms. The average Bonchev–Trinajstić information content (AvgIpc) is 3.11. The van der Waals surface area contributed by atoms with Crippen LogP contribution in [0.5, 0.6) is 0 Å². The second kappa shape index (κ2) is 9.27. The van der Waals surface area contributed by atoms with E-state index in [0.29, 0.717) is 23.7 Å². The molecule has 0 saturated heterocycles. The van der Waals surface area contributed by atoms with Gasteiger partial charge < -0.3 is 10.6 Å². The summed E-state index contributed by atoms with van der Waals surface area (Å²) in [5.74, 6) is 2.55. The van der Waals surface area contributed by atoms with Crippen molar-refractivity contribution in [1.29, 1.82) is 0 Å². The van der Waals surface area contributed by atoms with E-state index in [0.717, 1.165) is 32.2 Å². The number of unbranched alkanes of at least 4 members (excludes halogenated alkanes) is 5. The normalized spacial score (nSPS) is 41.1. The average molecular weight is 429 g/mol. The van der Waals surface area contributed by atoms with Crippen LogP contribution in [0.2, 0.25) is 0 Å². The third kappa shape index (κ3) is 4.20. The Balaban J connectivity index is 1.35. The summed E-state index contributed by atoms with van der Waals surface area (Å²) in [5, 5.41) is 6.55. The van der Waals surface area contributed by atoms with Crippen LogP contribution in [-0.2, 0) is 9.59 Å². The van der Waals surface area contributed by atoms with Crippen molar-refractivity contribution in [2.45, 2.75) is 104 Å². The summed E-state index contributed by atoms with van der Waals surface area (Å²) in [7, 11) is 0. The molecule has 0 aromatic heterocycles. The highest BCUT2D eigenvalue weighted by atomic mass is 16.2. The Hall–Kier alpha value is -1.32. The number of hydrogen-bond acceptors (Lipinski definition) is 2. The molecule has 4 heteroatoms. The maximum absolute atomic E-state index is 13.2. The molecule has 4 rings (SSSR count). The maximum atomic E-state index is 13.2. The number of hydrogen-bond donors (Lipinski definition) is 2. The highest BCUT2D eigenvalue weighted by Crippen LogP contribution is 2.64. The second-order valence-electron chi connectivity index (χ2n) is 11.4. The minimum absolute atomic E-state index is 0.0736. The summed E-state index contributed by atoms with van der Waals surface area (Å²) in [6, 6.07) is 0.286. The number of rotatable bonds is 8. The van der Waals surface area contributed by atoms with Crippen molar-refractivity contribution in [3.05, 3.63) is 12.2 Å². The summed E-state index contributed by atoms with van der Waals surface area (Å²) in [6.45, 7) is 7.88. The lowest BCUT2D eigenvalue weighted by Gasteiger charge is -2.58. The van der Waals surface area contributed by atoms with Gasteiger partial charge in [-0.25, -0.2) is 0 Å². The van der Waals surface area contributed by atoms with Crippen molar-refractivity contribution in [2.75, 3.05) is 6.54 Å². The van der Waals surface area contributed by atoms with Gasteiger partial charge in [0.25, 0.3) is 0 Å². The Bertz CT molecular complexity index is 703. The van der Waals surface area contributed by atoms with E-state index in [1.54, 1.807) is 6.08 Å². The van der Waals surface area contributed by atoms with Gasteiger partial charge in [-0.2, -0.15) is 0 Å². The van der Waals surface area contributed by atoms with Gasteiger partial charge >= 0.3 is 0 Å². The van der Waals surface area contributed by atoms with Crippen LogP contribution >= 0.6 is 0 Å². The standard InChI is InChI=1S/C27H44N2O2/c1-4-5-6-7-8-9-18-28-25(31)22-12-11-20-19-10-13-23-27(3,17-15-24(30)29-23)21(19)14-16-26(20,22)2/h15,17,19-23H,4-14,16,18H2,1-3H3,(H,28,31)(H,29,30)/t19-,20-,21-,22+,23-,26-,27+/m0/s1. The monoisotopic (exact) mass is 428 g/mol. The first kappa shape index (κ1) is 22.9. The van der Waals surface area contributed by atoms with Gasteiger partial charge in [0.15, 0.2) is 0 Å². The fraction of sp³-hybridized carbons (Fsp3) is 0.852. The first-order valence-electron chi connectivity index (χ1n) is 13.2. The zero-order valence-corrected chi connectivity index (χ0v) is 20.1. The predicted molar refractivity (Wildman–Crippen MR) is 125 cm³/mol. The highest BCUT2D eigenvalue weighted by molar-refractivity contribution is 5.89. The topological polar surface area (TPSA) is 58.2 Å². The van der Waals surface area contributed by atoms with Gasteiger partial charge in [0.2, 0.25) is 11.8 Å². The Labute approximate surface area is 189 Å². The van der Waals surface area contributed by atoms with Crippen molar-refractivity contribution in [1.82, 2.24) is 10.6 Å². The van der Waals surface area contributed by atoms with Crippen LogP contribution in [0.4, 0.5) is 0 Å². The first-order chi connectivity index (χ1) is 14.9.